The van der Waals surface area contributed by atoms with Crippen LogP contribution in [0.5, 0.6) is 0 Å². The monoisotopic (exact) mass is 517 g/mol. The van der Waals surface area contributed by atoms with Crippen LogP contribution >= 0.6 is 11.8 Å². The summed E-state index contributed by atoms with van der Waals surface area (Å²) in [5, 5.41) is 12.7. The number of nitrogens with one attached hydrogen (secondary N) is 2. The maximum atomic E-state index is 12.5. The fourth-order valence-electron chi connectivity index (χ4n) is 2.73. The molecule has 182 valence electrons. The van der Waals surface area contributed by atoms with Crippen LogP contribution in [0.15, 0.2) is 34.3 Å². The van der Waals surface area contributed by atoms with Gasteiger partial charge in [0.25, 0.3) is 0 Å². The van der Waals surface area contributed by atoms with Crippen molar-refractivity contribution in [3.8, 4) is 0 Å². The zero-order valence-electron chi connectivity index (χ0n) is 18.6. The maximum Gasteiger partial charge on any atom is 0.242 e. The fourth-order valence-corrected chi connectivity index (χ4v) is 4.51. The van der Waals surface area contributed by atoms with Crippen molar-refractivity contribution in [1.29, 1.82) is 0 Å². The largest absolute Gasteiger partial charge is 0.394 e. The van der Waals surface area contributed by atoms with E-state index in [2.05, 4.69) is 25.0 Å². The van der Waals surface area contributed by atoms with Crippen LogP contribution in [0.2, 0.25) is 0 Å². The van der Waals surface area contributed by atoms with E-state index in [1.54, 1.807) is 0 Å². The maximum absolute atomic E-state index is 12.5. The second-order valence-corrected chi connectivity index (χ2v) is 12.5. The highest BCUT2D eigenvalue weighted by atomic mass is 32.2. The summed E-state index contributed by atoms with van der Waals surface area (Å²) in [5.41, 5.74) is 0.314. The molecule has 0 aliphatic carbocycles. The summed E-state index contributed by atoms with van der Waals surface area (Å²) in [7, 11) is -7.03. The third-order valence-corrected chi connectivity index (χ3v) is 6.67. The van der Waals surface area contributed by atoms with E-state index < -0.39 is 19.9 Å². The second-order valence-electron chi connectivity index (χ2n) is 7.80. The molecule has 0 fully saturated rings. The van der Waals surface area contributed by atoms with E-state index in [9.17, 15) is 26.7 Å². The average Bonchev–Trinajstić information content (AvgIpc) is 2.69. The number of aliphatic hydroxyl groups is 1. The third kappa shape index (κ3) is 9.23. The summed E-state index contributed by atoms with van der Waals surface area (Å²) in [6, 6.07) is 5.21. The van der Waals surface area contributed by atoms with Gasteiger partial charge in [0.15, 0.2) is 20.8 Å². The van der Waals surface area contributed by atoms with E-state index in [4.69, 9.17) is 0 Å². The van der Waals surface area contributed by atoms with Gasteiger partial charge in [-0.2, -0.15) is 15.0 Å². The van der Waals surface area contributed by atoms with Gasteiger partial charge in [0.05, 0.1) is 29.6 Å². The smallest absolute Gasteiger partial charge is 0.242 e. The quantitative estimate of drug-likeness (QED) is 0.275. The number of benzene rings is 1. The molecule has 0 aliphatic heterocycles. The molecule has 3 N–H and O–H groups in total. The Morgan fingerprint density at radius 3 is 2.15 bits per heavy atom. The lowest BCUT2D eigenvalue weighted by molar-refractivity contribution is 0.102. The molecule has 2 rings (SSSR count). The summed E-state index contributed by atoms with van der Waals surface area (Å²) in [6.07, 6.45) is 2.66. The summed E-state index contributed by atoms with van der Waals surface area (Å²) < 4.78 is 48.6. The number of hydrogen-bond donors (Lipinski definition) is 3. The number of sulfonamides is 1. The minimum absolute atomic E-state index is 0.0586. The van der Waals surface area contributed by atoms with Gasteiger partial charge >= 0.3 is 0 Å². The van der Waals surface area contributed by atoms with Gasteiger partial charge in [-0.25, -0.2) is 16.8 Å². The first-order valence-electron chi connectivity index (χ1n) is 9.84. The SMILES string of the molecule is CC(C)C[C@H](CO)Nc1nc(NS(C)(=O)=O)nc(SCC(=O)c2ccc(S(C)(=O)=O)cc2)n1. The Balaban J connectivity index is 2.21. The van der Waals surface area contributed by atoms with Gasteiger partial charge in [-0.3, -0.25) is 9.52 Å². The van der Waals surface area contributed by atoms with Gasteiger partial charge < -0.3 is 10.4 Å². The van der Waals surface area contributed by atoms with Gasteiger partial charge in [-0.1, -0.05) is 37.7 Å². The number of carbonyl (C=O) groups is 1. The molecule has 0 saturated carbocycles. The van der Waals surface area contributed by atoms with Crippen LogP contribution in [0.25, 0.3) is 0 Å². The molecule has 1 aromatic heterocycles. The van der Waals surface area contributed by atoms with Crippen molar-refractivity contribution in [3.05, 3.63) is 29.8 Å². The van der Waals surface area contributed by atoms with Crippen LogP contribution in [0.4, 0.5) is 11.9 Å². The summed E-state index contributed by atoms with van der Waals surface area (Å²) in [6.45, 7) is 3.80. The predicted octanol–water partition coefficient (Wildman–Crippen LogP) is 1.44. The van der Waals surface area contributed by atoms with Crippen molar-refractivity contribution >= 4 is 49.3 Å². The lowest BCUT2D eigenvalue weighted by Gasteiger charge is -2.18. The standard InChI is InChI=1S/C19H27N5O6S3/c1-12(2)9-14(10-25)20-17-21-18(24-33(4,29)30)23-19(22-17)31-11-16(26)13-5-7-15(8-6-13)32(3,27)28/h5-8,12,14,25H,9-11H2,1-4H3,(H2,20,21,22,23,24)/t14-/m1/s1. The van der Waals surface area contributed by atoms with E-state index >= 15 is 0 Å². The van der Waals surface area contributed by atoms with Crippen LogP contribution in [0, 0.1) is 5.92 Å². The van der Waals surface area contributed by atoms with Crippen LogP contribution < -0.4 is 10.0 Å². The highest BCUT2D eigenvalue weighted by molar-refractivity contribution is 7.99. The molecule has 0 unspecified atom stereocenters. The van der Waals surface area contributed by atoms with E-state index in [1.165, 1.54) is 24.3 Å². The van der Waals surface area contributed by atoms with Gasteiger partial charge in [0, 0.05) is 11.8 Å². The van der Waals surface area contributed by atoms with Crippen LogP contribution in [0.3, 0.4) is 0 Å². The molecule has 0 bridgehead atoms. The Morgan fingerprint density at radius 1 is 1.03 bits per heavy atom. The second kappa shape index (κ2) is 11.2. The van der Waals surface area contributed by atoms with Crippen LogP contribution in [-0.4, -0.2) is 73.6 Å². The van der Waals surface area contributed by atoms with E-state index in [-0.39, 0.29) is 52.1 Å². The lowest BCUT2D eigenvalue weighted by Crippen LogP contribution is -2.27. The molecule has 0 saturated heterocycles. The van der Waals surface area contributed by atoms with Gasteiger partial charge in [-0.15, -0.1) is 0 Å². The summed E-state index contributed by atoms with van der Waals surface area (Å²) in [4.78, 5) is 24.9. The number of aromatic nitrogens is 3. The van der Waals surface area contributed by atoms with E-state index in [0.29, 0.717) is 12.0 Å². The van der Waals surface area contributed by atoms with Crippen molar-refractivity contribution < 1.29 is 26.7 Å². The van der Waals surface area contributed by atoms with Gasteiger partial charge in [-0.05, 0) is 24.5 Å². The molecule has 0 aliphatic rings. The molecular formula is C19H27N5O6S3. The van der Waals surface area contributed by atoms with Crippen molar-refractivity contribution in [1.82, 2.24) is 15.0 Å². The number of aliphatic hydroxyl groups excluding tert-OH is 1. The molecule has 0 spiro atoms. The molecule has 11 nitrogen and oxygen atoms in total. The average molecular weight is 518 g/mol. The number of thioether (sulfide) groups is 1. The molecule has 1 aromatic carbocycles. The third-order valence-electron chi connectivity index (χ3n) is 4.14. The van der Waals surface area contributed by atoms with Gasteiger partial charge in [0.1, 0.15) is 0 Å². The molecule has 1 atom stereocenters. The van der Waals surface area contributed by atoms with Crippen molar-refractivity contribution in [3.63, 3.8) is 0 Å². The molecular weight excluding hydrogens is 490 g/mol. The predicted molar refractivity (Wildman–Crippen MR) is 127 cm³/mol. The minimum atomic E-state index is -3.66. The molecule has 0 radical (unpaired) electrons. The lowest BCUT2D eigenvalue weighted by atomic mass is 10.0. The van der Waals surface area contributed by atoms with E-state index in [1.807, 2.05) is 13.8 Å². The highest BCUT2D eigenvalue weighted by Gasteiger charge is 2.17. The first-order valence-corrected chi connectivity index (χ1v) is 14.6. The zero-order chi connectivity index (χ0) is 24.8. The van der Waals surface area contributed by atoms with Gasteiger partial charge in [0.2, 0.25) is 21.9 Å². The topological polar surface area (TPSA) is 168 Å². The molecule has 33 heavy (non-hydrogen) atoms. The summed E-state index contributed by atoms with van der Waals surface area (Å²) in [5.74, 6) is -0.242. The normalized spacial score (nSPS) is 13.0. The number of nitrogens with zero attached hydrogens (tertiary/aromatic N) is 3. The fraction of sp³-hybridized carbons (Fsp3) is 0.474. The van der Waals surface area contributed by atoms with Crippen molar-refractivity contribution in [2.45, 2.75) is 36.4 Å². The number of ketones is 1. The Labute approximate surface area is 197 Å². The molecule has 1 heterocycles. The van der Waals surface area contributed by atoms with Crippen LogP contribution in [0.1, 0.15) is 30.6 Å². The van der Waals surface area contributed by atoms with E-state index in [0.717, 1.165) is 24.3 Å². The minimum Gasteiger partial charge on any atom is -0.394 e. The molecule has 0 amide bonds. The number of rotatable bonds is 12. The van der Waals surface area contributed by atoms with Crippen molar-refractivity contribution in [2.75, 3.05) is 34.9 Å². The Bertz CT molecular complexity index is 1180. The number of sulfone groups is 1. The first kappa shape index (κ1) is 27.0. The highest BCUT2D eigenvalue weighted by Crippen LogP contribution is 2.20. The summed E-state index contributed by atoms with van der Waals surface area (Å²) >= 11 is 0.969. The number of hydrogen-bond acceptors (Lipinski definition) is 11. The number of anilines is 2. The van der Waals surface area contributed by atoms with Crippen LogP contribution in [-0.2, 0) is 19.9 Å². The number of carbonyl (C=O) groups excluding carboxylic acids is 1. The Kier molecular flexibility index (Phi) is 9.17. The van der Waals surface area contributed by atoms with Crippen molar-refractivity contribution in [2.24, 2.45) is 5.92 Å². The Morgan fingerprint density at radius 2 is 1.64 bits per heavy atom. The molecule has 14 heteroatoms. The zero-order valence-corrected chi connectivity index (χ0v) is 21.1. The first-order chi connectivity index (χ1) is 15.3. The number of Topliss-reactive ketones (excluding diaryl/α,β-unsaturated/α-hetero) is 1. The Hall–Kier alpha value is -2.29. The molecule has 2 aromatic rings.